The van der Waals surface area contributed by atoms with Gasteiger partial charge in [0.05, 0.1) is 0 Å². The molecule has 1 aromatic carbocycles. The SMILES string of the molecule is CNC1CCCN(C(=O)C2CCN(c3ccc(F)c(F)c3)C2=O)C1. The van der Waals surface area contributed by atoms with Crippen LogP contribution >= 0.6 is 0 Å². The Morgan fingerprint density at radius 1 is 1.21 bits per heavy atom. The van der Waals surface area contributed by atoms with Crippen molar-refractivity contribution in [2.24, 2.45) is 5.92 Å². The van der Waals surface area contributed by atoms with E-state index in [1.807, 2.05) is 7.05 Å². The van der Waals surface area contributed by atoms with Gasteiger partial charge in [-0.2, -0.15) is 0 Å². The number of hydrogen-bond acceptors (Lipinski definition) is 3. The molecular weight excluding hydrogens is 316 g/mol. The van der Waals surface area contributed by atoms with Crippen LogP contribution in [0.5, 0.6) is 0 Å². The van der Waals surface area contributed by atoms with E-state index in [9.17, 15) is 18.4 Å². The minimum absolute atomic E-state index is 0.162. The second kappa shape index (κ2) is 6.84. The first-order chi connectivity index (χ1) is 11.5. The largest absolute Gasteiger partial charge is 0.340 e. The Kier molecular flexibility index (Phi) is 4.80. The molecule has 2 unspecified atom stereocenters. The molecule has 1 N–H and O–H groups in total. The van der Waals surface area contributed by atoms with E-state index in [1.54, 1.807) is 4.90 Å². The molecule has 2 fully saturated rings. The first-order valence-electron chi connectivity index (χ1n) is 8.23. The first-order valence-corrected chi connectivity index (χ1v) is 8.23. The number of piperidine rings is 1. The molecule has 7 heteroatoms. The molecule has 3 rings (SSSR count). The molecule has 130 valence electrons. The predicted octanol–water partition coefficient (Wildman–Crippen LogP) is 1.53. The highest BCUT2D eigenvalue weighted by Gasteiger charge is 2.40. The second-order valence-electron chi connectivity index (χ2n) is 6.34. The van der Waals surface area contributed by atoms with Gasteiger partial charge >= 0.3 is 0 Å². The fourth-order valence-corrected chi connectivity index (χ4v) is 3.45. The number of likely N-dealkylation sites (N-methyl/N-ethyl adjacent to an activating group) is 1. The zero-order chi connectivity index (χ0) is 17.3. The van der Waals surface area contributed by atoms with Gasteiger partial charge in [0.2, 0.25) is 11.8 Å². The molecule has 2 atom stereocenters. The number of halogens is 2. The summed E-state index contributed by atoms with van der Waals surface area (Å²) in [5, 5.41) is 3.17. The average molecular weight is 337 g/mol. The normalized spacial score (nSPS) is 24.5. The zero-order valence-electron chi connectivity index (χ0n) is 13.6. The van der Waals surface area contributed by atoms with Gasteiger partial charge < -0.3 is 15.1 Å². The third-order valence-corrected chi connectivity index (χ3v) is 4.86. The fraction of sp³-hybridized carbons (Fsp3) is 0.529. The van der Waals surface area contributed by atoms with E-state index in [1.165, 1.54) is 11.0 Å². The van der Waals surface area contributed by atoms with Crippen molar-refractivity contribution in [3.63, 3.8) is 0 Å². The Balaban J connectivity index is 1.71. The van der Waals surface area contributed by atoms with Crippen molar-refractivity contribution < 1.29 is 18.4 Å². The molecule has 2 aliphatic rings. The number of hydrogen-bond donors (Lipinski definition) is 1. The third-order valence-electron chi connectivity index (χ3n) is 4.86. The topological polar surface area (TPSA) is 52.7 Å². The fourth-order valence-electron chi connectivity index (χ4n) is 3.45. The number of amides is 2. The van der Waals surface area contributed by atoms with Gasteiger partial charge in [0.15, 0.2) is 11.6 Å². The second-order valence-corrected chi connectivity index (χ2v) is 6.34. The lowest BCUT2D eigenvalue weighted by Crippen LogP contribution is -2.49. The Labute approximate surface area is 139 Å². The third kappa shape index (κ3) is 3.13. The van der Waals surface area contributed by atoms with E-state index in [-0.39, 0.29) is 17.9 Å². The van der Waals surface area contributed by atoms with Crippen LogP contribution in [0.25, 0.3) is 0 Å². The lowest BCUT2D eigenvalue weighted by Gasteiger charge is -2.33. The van der Waals surface area contributed by atoms with Crippen LogP contribution in [0.3, 0.4) is 0 Å². The van der Waals surface area contributed by atoms with Gasteiger partial charge in [-0.15, -0.1) is 0 Å². The summed E-state index contributed by atoms with van der Waals surface area (Å²) in [5.41, 5.74) is 0.293. The Morgan fingerprint density at radius 3 is 2.71 bits per heavy atom. The highest BCUT2D eigenvalue weighted by atomic mass is 19.2. The van der Waals surface area contributed by atoms with E-state index >= 15 is 0 Å². The van der Waals surface area contributed by atoms with Crippen molar-refractivity contribution in [2.45, 2.75) is 25.3 Å². The number of nitrogens with zero attached hydrogens (tertiary/aromatic N) is 2. The molecule has 0 saturated carbocycles. The standard InChI is InChI=1S/C17H21F2N3O2/c1-20-11-3-2-7-21(10-11)16(23)13-6-8-22(17(13)24)12-4-5-14(18)15(19)9-12/h4-5,9,11,13,20H,2-3,6-8,10H2,1H3. The highest BCUT2D eigenvalue weighted by molar-refractivity contribution is 6.09. The summed E-state index contributed by atoms with van der Waals surface area (Å²) in [6.45, 7) is 1.60. The number of benzene rings is 1. The van der Waals surface area contributed by atoms with E-state index in [4.69, 9.17) is 0 Å². The molecule has 0 spiro atoms. The number of carbonyl (C=O) groups excluding carboxylic acids is 2. The van der Waals surface area contributed by atoms with Gasteiger partial charge in [0.1, 0.15) is 5.92 Å². The lowest BCUT2D eigenvalue weighted by molar-refractivity contribution is -0.140. The molecular formula is C17H21F2N3O2. The van der Waals surface area contributed by atoms with Crippen molar-refractivity contribution in [2.75, 3.05) is 31.6 Å². The number of nitrogens with one attached hydrogen (secondary N) is 1. The monoisotopic (exact) mass is 337 g/mol. The Hall–Kier alpha value is -2.02. The van der Waals surface area contributed by atoms with Crippen LogP contribution in [0.15, 0.2) is 18.2 Å². The maximum Gasteiger partial charge on any atom is 0.239 e. The van der Waals surface area contributed by atoms with Crippen LogP contribution < -0.4 is 10.2 Å². The maximum atomic E-state index is 13.4. The minimum Gasteiger partial charge on any atom is -0.340 e. The molecule has 0 aliphatic carbocycles. The summed E-state index contributed by atoms with van der Waals surface area (Å²) < 4.78 is 26.4. The van der Waals surface area contributed by atoms with Crippen molar-refractivity contribution in [1.29, 1.82) is 0 Å². The molecule has 2 saturated heterocycles. The molecule has 2 aliphatic heterocycles. The van der Waals surface area contributed by atoms with Gasteiger partial charge in [-0.3, -0.25) is 9.59 Å². The van der Waals surface area contributed by atoms with Gasteiger partial charge in [0, 0.05) is 37.4 Å². The van der Waals surface area contributed by atoms with Crippen LogP contribution in [0.4, 0.5) is 14.5 Å². The molecule has 0 bridgehead atoms. The zero-order valence-corrected chi connectivity index (χ0v) is 13.6. The molecule has 24 heavy (non-hydrogen) atoms. The Bertz CT molecular complexity index is 653. The number of anilines is 1. The van der Waals surface area contributed by atoms with Gasteiger partial charge in [-0.05, 0) is 38.4 Å². The smallest absolute Gasteiger partial charge is 0.239 e. The minimum atomic E-state index is -0.997. The predicted molar refractivity (Wildman–Crippen MR) is 85.5 cm³/mol. The van der Waals surface area contributed by atoms with Crippen LogP contribution in [0.1, 0.15) is 19.3 Å². The summed E-state index contributed by atoms with van der Waals surface area (Å²) in [7, 11) is 1.87. The summed E-state index contributed by atoms with van der Waals surface area (Å²) >= 11 is 0. The number of likely N-dealkylation sites (tertiary alicyclic amines) is 1. The van der Waals surface area contributed by atoms with Crippen molar-refractivity contribution in [3.05, 3.63) is 29.8 Å². The molecule has 2 heterocycles. The lowest BCUT2D eigenvalue weighted by atomic mass is 10.0. The average Bonchev–Trinajstić information content (AvgIpc) is 2.98. The maximum absolute atomic E-state index is 13.4. The molecule has 0 aromatic heterocycles. The van der Waals surface area contributed by atoms with Crippen LogP contribution in [-0.4, -0.2) is 49.4 Å². The first kappa shape index (κ1) is 16.8. The summed E-state index contributed by atoms with van der Waals surface area (Å²) in [6.07, 6.45) is 2.32. The van der Waals surface area contributed by atoms with E-state index in [2.05, 4.69) is 5.32 Å². The summed E-state index contributed by atoms with van der Waals surface area (Å²) in [6, 6.07) is 3.61. The van der Waals surface area contributed by atoms with Crippen molar-refractivity contribution in [3.8, 4) is 0 Å². The van der Waals surface area contributed by atoms with E-state index in [0.29, 0.717) is 31.7 Å². The molecule has 1 aromatic rings. The van der Waals surface area contributed by atoms with Gasteiger partial charge in [-0.25, -0.2) is 8.78 Å². The molecule has 5 nitrogen and oxygen atoms in total. The van der Waals surface area contributed by atoms with E-state index in [0.717, 1.165) is 25.0 Å². The number of rotatable bonds is 3. The summed E-state index contributed by atoms with van der Waals surface area (Å²) in [4.78, 5) is 28.4. The molecule has 0 radical (unpaired) electrons. The Morgan fingerprint density at radius 2 is 2.00 bits per heavy atom. The van der Waals surface area contributed by atoms with Gasteiger partial charge in [0.25, 0.3) is 0 Å². The van der Waals surface area contributed by atoms with Crippen molar-refractivity contribution in [1.82, 2.24) is 10.2 Å². The summed E-state index contributed by atoms with van der Waals surface area (Å²) in [5.74, 6) is -3.18. The number of carbonyl (C=O) groups is 2. The van der Waals surface area contributed by atoms with Gasteiger partial charge in [-0.1, -0.05) is 0 Å². The molecule has 2 amide bonds. The highest BCUT2D eigenvalue weighted by Crippen LogP contribution is 2.28. The van der Waals surface area contributed by atoms with Crippen molar-refractivity contribution >= 4 is 17.5 Å². The van der Waals surface area contributed by atoms with Crippen LogP contribution in [-0.2, 0) is 9.59 Å². The van der Waals surface area contributed by atoms with Crippen LogP contribution in [0, 0.1) is 17.6 Å². The van der Waals surface area contributed by atoms with E-state index < -0.39 is 17.6 Å². The quantitative estimate of drug-likeness (QED) is 0.851. The van der Waals surface area contributed by atoms with Crippen LogP contribution in [0.2, 0.25) is 0 Å².